The lowest BCUT2D eigenvalue weighted by atomic mass is 10.1. The van der Waals surface area contributed by atoms with E-state index in [1.54, 1.807) is 0 Å². The molecule has 0 aliphatic heterocycles. The van der Waals surface area contributed by atoms with Gasteiger partial charge in [-0.1, -0.05) is 71.6 Å². The fraction of sp³-hybridized carbons (Fsp3) is 1.00. The fourth-order valence-electron chi connectivity index (χ4n) is 2.73. The highest BCUT2D eigenvalue weighted by atomic mass is 31.2. The maximum Gasteiger partial charge on any atom is 1.00 e. The van der Waals surface area contributed by atoms with E-state index < -0.39 is 7.82 Å². The molecule has 24 heavy (non-hydrogen) atoms. The molecule has 0 rings (SSSR count). The van der Waals surface area contributed by atoms with Crippen LogP contribution in [0.15, 0.2) is 0 Å². The maximum atomic E-state index is 8.55. The molecule has 0 aliphatic carbocycles. The third-order valence-electron chi connectivity index (χ3n) is 4.23. The van der Waals surface area contributed by atoms with Crippen LogP contribution in [0.2, 0.25) is 0 Å². The molecule has 0 aliphatic rings. The van der Waals surface area contributed by atoms with Crippen LogP contribution in [0.5, 0.6) is 0 Å². The van der Waals surface area contributed by atoms with Crippen molar-refractivity contribution >= 4 is 7.82 Å². The molecule has 0 spiro atoms. The summed E-state index contributed by atoms with van der Waals surface area (Å²) in [6.07, 6.45) is 17.2. The number of hydrogen-bond acceptors (Lipinski definition) is 4. The van der Waals surface area contributed by atoms with E-state index in [9.17, 15) is 0 Å². The van der Waals surface area contributed by atoms with Crippen LogP contribution in [0.4, 0.5) is 0 Å². The van der Waals surface area contributed by atoms with Crippen LogP contribution in [0.25, 0.3) is 0 Å². The van der Waals surface area contributed by atoms with Crippen molar-refractivity contribution in [2.24, 2.45) is 0 Å². The summed E-state index contributed by atoms with van der Waals surface area (Å²) in [6, 6.07) is 0. The van der Waals surface area contributed by atoms with Gasteiger partial charge in [-0.25, -0.2) is 0 Å². The summed E-state index contributed by atoms with van der Waals surface area (Å²) >= 11 is 0. The van der Waals surface area contributed by atoms with Crippen molar-refractivity contribution in [3.05, 3.63) is 0 Å². The van der Waals surface area contributed by atoms with Crippen LogP contribution in [-0.2, 0) is 4.57 Å². The lowest BCUT2D eigenvalue weighted by Gasteiger charge is -2.36. The standard InChI is InChI=1S/C18H40N.H3O4P/c1-5-7-9-10-11-12-13-14-15-16-18-19(3,4)17-8-6-2;1-5(2,3)4/h5-18H2,1-4H3;(H3,1,2,3,4)/q+1;/p-1. The number of rotatable bonds is 14. The van der Waals surface area contributed by atoms with Gasteiger partial charge in [0.1, 0.15) is 0 Å². The van der Waals surface area contributed by atoms with Gasteiger partial charge in [-0.05, 0) is 19.3 Å². The molecule has 0 atom stereocenters. The molecular formula is C18H42NO4P. The Morgan fingerprint density at radius 1 is 0.667 bits per heavy atom. The predicted octanol–water partition coefficient (Wildman–Crippen LogP) is 3.18. The van der Waals surface area contributed by atoms with E-state index in [2.05, 4.69) is 27.9 Å². The molecule has 0 radical (unpaired) electrons. The van der Waals surface area contributed by atoms with Gasteiger partial charge in [0, 0.05) is 0 Å². The van der Waals surface area contributed by atoms with Crippen molar-refractivity contribution in [1.82, 2.24) is 0 Å². The lowest BCUT2D eigenvalue weighted by molar-refractivity contribution is -0.890. The van der Waals surface area contributed by atoms with Crippen molar-refractivity contribution < 1.29 is 26.6 Å². The van der Waals surface area contributed by atoms with Crippen LogP contribution in [-0.4, -0.2) is 31.7 Å². The Balaban J connectivity index is -0.000000304. The van der Waals surface area contributed by atoms with Gasteiger partial charge >= 0.3 is 2.85 Å². The minimum Gasteiger partial charge on any atom is -0.822 e. The summed E-state index contributed by atoms with van der Waals surface area (Å²) < 4.78 is 9.78. The molecular weight excluding hydrogens is 325 g/mol. The Morgan fingerprint density at radius 2 is 0.958 bits per heavy atom. The topological polar surface area (TPSA) is 86.2 Å². The lowest BCUT2D eigenvalue weighted by Crippen LogP contribution is -2.41. The number of phosphoric acid groups is 1. The molecule has 0 aromatic rings. The number of nitrogens with zero attached hydrogens (tertiary/aromatic N) is 1. The SMILES string of the molecule is CCCCCCCCCCCC[N+](C)(C)CCCC.O=P([O-])([O-])[O-].[H+].[H+]. The Bertz CT molecular complexity index is 307. The molecule has 0 N–H and O–H groups in total. The number of quaternary nitrogens is 1. The average Bonchev–Trinajstić information content (AvgIpc) is 2.45. The van der Waals surface area contributed by atoms with E-state index in [4.69, 9.17) is 19.2 Å². The molecule has 0 saturated heterocycles. The fourth-order valence-corrected chi connectivity index (χ4v) is 2.73. The smallest absolute Gasteiger partial charge is 0.822 e. The third-order valence-corrected chi connectivity index (χ3v) is 4.23. The zero-order chi connectivity index (χ0) is 18.9. The first kappa shape index (κ1) is 26.3. The summed E-state index contributed by atoms with van der Waals surface area (Å²) in [5, 5.41) is 0. The molecule has 6 heteroatoms. The van der Waals surface area contributed by atoms with E-state index in [1.165, 1.54) is 94.6 Å². The normalized spacial score (nSPS) is 12.0. The molecule has 0 aromatic heterocycles. The molecule has 0 saturated carbocycles. The van der Waals surface area contributed by atoms with Gasteiger partial charge < -0.3 is 23.7 Å². The van der Waals surface area contributed by atoms with Crippen LogP contribution in [0.3, 0.4) is 0 Å². The predicted molar refractivity (Wildman–Crippen MR) is 98.4 cm³/mol. The second-order valence-electron chi connectivity index (χ2n) is 7.37. The second-order valence-corrected chi connectivity index (χ2v) is 8.26. The van der Waals surface area contributed by atoms with Crippen LogP contribution in [0, 0.1) is 0 Å². The number of unbranched alkanes of at least 4 members (excludes halogenated alkanes) is 10. The summed E-state index contributed by atoms with van der Waals surface area (Å²) in [5.74, 6) is 0. The van der Waals surface area contributed by atoms with Crippen molar-refractivity contribution in [1.29, 1.82) is 0 Å². The monoisotopic (exact) mass is 367 g/mol. The molecule has 0 fully saturated rings. The van der Waals surface area contributed by atoms with E-state index in [0.29, 0.717) is 0 Å². The average molecular weight is 368 g/mol. The Hall–Kier alpha value is 0.0700. The van der Waals surface area contributed by atoms with E-state index in [-0.39, 0.29) is 2.85 Å². The molecule has 148 valence electrons. The van der Waals surface area contributed by atoms with Gasteiger partial charge in [0.2, 0.25) is 0 Å². The molecule has 0 aromatic carbocycles. The van der Waals surface area contributed by atoms with Gasteiger partial charge in [-0.2, -0.15) is 7.82 Å². The Labute approximate surface area is 153 Å². The summed E-state index contributed by atoms with van der Waals surface area (Å²) in [6.45, 7) is 7.31. The van der Waals surface area contributed by atoms with Crippen LogP contribution in [0.1, 0.15) is 93.8 Å². The Kier molecular flexibility index (Phi) is 18.1. The van der Waals surface area contributed by atoms with E-state index >= 15 is 0 Å². The summed E-state index contributed by atoms with van der Waals surface area (Å²) in [4.78, 5) is 25.6. The van der Waals surface area contributed by atoms with E-state index in [0.717, 1.165) is 0 Å². The van der Waals surface area contributed by atoms with Crippen molar-refractivity contribution in [3.8, 4) is 0 Å². The van der Waals surface area contributed by atoms with Crippen molar-refractivity contribution in [3.63, 3.8) is 0 Å². The highest BCUT2D eigenvalue weighted by Gasteiger charge is 2.12. The zero-order valence-electron chi connectivity index (χ0n) is 18.4. The maximum absolute atomic E-state index is 8.55. The van der Waals surface area contributed by atoms with Gasteiger partial charge in [-0.15, -0.1) is 0 Å². The summed E-state index contributed by atoms with van der Waals surface area (Å²) in [7, 11) is -0.604. The minimum absolute atomic E-state index is 0. The zero-order valence-corrected chi connectivity index (χ0v) is 17.3. The van der Waals surface area contributed by atoms with Gasteiger partial charge in [0.25, 0.3) is 0 Å². The van der Waals surface area contributed by atoms with Crippen molar-refractivity contribution in [2.75, 3.05) is 27.2 Å². The minimum atomic E-state index is -5.39. The second kappa shape index (κ2) is 16.5. The molecule has 0 amide bonds. The van der Waals surface area contributed by atoms with E-state index in [1.807, 2.05) is 0 Å². The largest absolute Gasteiger partial charge is 1.00 e. The highest BCUT2D eigenvalue weighted by molar-refractivity contribution is 7.40. The summed E-state index contributed by atoms with van der Waals surface area (Å²) in [5.41, 5.74) is 0. The van der Waals surface area contributed by atoms with Crippen molar-refractivity contribution in [2.45, 2.75) is 90.9 Å². The first-order valence-corrected chi connectivity index (χ1v) is 11.1. The van der Waals surface area contributed by atoms with Gasteiger partial charge in [0.15, 0.2) is 0 Å². The molecule has 0 unspecified atom stereocenters. The quantitative estimate of drug-likeness (QED) is 0.268. The highest BCUT2D eigenvalue weighted by Crippen LogP contribution is 2.12. The Morgan fingerprint density at radius 3 is 1.33 bits per heavy atom. The third kappa shape index (κ3) is 30.0. The van der Waals surface area contributed by atoms with Gasteiger partial charge in [0.05, 0.1) is 27.2 Å². The molecule has 0 heterocycles. The number of hydrogen-bond donors (Lipinski definition) is 0. The van der Waals surface area contributed by atoms with Crippen LogP contribution < -0.4 is 14.7 Å². The molecule has 5 nitrogen and oxygen atoms in total. The first-order valence-electron chi connectivity index (χ1n) is 9.67. The first-order chi connectivity index (χ1) is 11.1. The van der Waals surface area contributed by atoms with Gasteiger partial charge in [-0.3, -0.25) is 0 Å². The van der Waals surface area contributed by atoms with Crippen LogP contribution >= 0.6 is 7.82 Å². The molecule has 0 bridgehead atoms.